The average Bonchev–Trinajstić information content (AvgIpc) is 2.34. The summed E-state index contributed by atoms with van der Waals surface area (Å²) in [5.41, 5.74) is 0.488. The van der Waals surface area contributed by atoms with Gasteiger partial charge in [-0.3, -0.25) is 4.79 Å². The SMILES string of the molecule is CC(C)(C)[C@H](NC(=O)c1ccc(CO)cc1)C(=O)O. The molecule has 19 heavy (non-hydrogen) atoms. The third kappa shape index (κ3) is 4.06. The van der Waals surface area contributed by atoms with Crippen molar-refractivity contribution in [3.63, 3.8) is 0 Å². The molecule has 0 aliphatic heterocycles. The van der Waals surface area contributed by atoms with E-state index < -0.39 is 23.3 Å². The molecule has 0 heterocycles. The average molecular weight is 265 g/mol. The Labute approximate surface area is 112 Å². The van der Waals surface area contributed by atoms with Crippen LogP contribution in [0.1, 0.15) is 36.7 Å². The lowest BCUT2D eigenvalue weighted by Crippen LogP contribution is -2.49. The number of aliphatic carboxylic acids is 1. The molecule has 5 heteroatoms. The largest absolute Gasteiger partial charge is 0.480 e. The van der Waals surface area contributed by atoms with Gasteiger partial charge in [0, 0.05) is 5.56 Å². The van der Waals surface area contributed by atoms with Crippen molar-refractivity contribution in [2.24, 2.45) is 5.41 Å². The summed E-state index contributed by atoms with van der Waals surface area (Å²) in [5, 5.41) is 20.6. The fraction of sp³-hybridized carbons (Fsp3) is 0.429. The van der Waals surface area contributed by atoms with Gasteiger partial charge in [0.1, 0.15) is 6.04 Å². The van der Waals surface area contributed by atoms with Gasteiger partial charge >= 0.3 is 5.97 Å². The van der Waals surface area contributed by atoms with Gasteiger partial charge in [-0.25, -0.2) is 4.79 Å². The van der Waals surface area contributed by atoms with E-state index in [4.69, 9.17) is 10.2 Å². The van der Waals surface area contributed by atoms with Gasteiger partial charge in [0.15, 0.2) is 0 Å². The second-order valence-electron chi connectivity index (χ2n) is 5.47. The molecule has 0 fully saturated rings. The summed E-state index contributed by atoms with van der Waals surface area (Å²) < 4.78 is 0. The minimum Gasteiger partial charge on any atom is -0.480 e. The lowest BCUT2D eigenvalue weighted by atomic mass is 9.86. The van der Waals surface area contributed by atoms with E-state index in [1.807, 2.05) is 0 Å². The van der Waals surface area contributed by atoms with Crippen molar-refractivity contribution in [2.75, 3.05) is 0 Å². The van der Waals surface area contributed by atoms with Gasteiger partial charge < -0.3 is 15.5 Å². The number of rotatable bonds is 4. The smallest absolute Gasteiger partial charge is 0.326 e. The summed E-state index contributed by atoms with van der Waals surface area (Å²) in [5.74, 6) is -1.50. The molecule has 0 unspecified atom stereocenters. The Morgan fingerprint density at radius 3 is 2.11 bits per heavy atom. The highest BCUT2D eigenvalue weighted by Gasteiger charge is 2.32. The van der Waals surface area contributed by atoms with E-state index in [0.717, 1.165) is 0 Å². The monoisotopic (exact) mass is 265 g/mol. The first-order valence-corrected chi connectivity index (χ1v) is 5.99. The van der Waals surface area contributed by atoms with E-state index in [0.29, 0.717) is 11.1 Å². The van der Waals surface area contributed by atoms with Crippen LogP contribution < -0.4 is 5.32 Å². The number of carbonyl (C=O) groups excluding carboxylic acids is 1. The topological polar surface area (TPSA) is 86.6 Å². The molecular weight excluding hydrogens is 246 g/mol. The van der Waals surface area contributed by atoms with Crippen LogP contribution in [0.5, 0.6) is 0 Å². The fourth-order valence-electron chi connectivity index (χ4n) is 1.62. The van der Waals surface area contributed by atoms with E-state index in [9.17, 15) is 9.59 Å². The summed E-state index contributed by atoms with van der Waals surface area (Å²) in [6.07, 6.45) is 0. The molecule has 1 atom stereocenters. The number of aliphatic hydroxyl groups is 1. The number of carboxylic acids is 1. The van der Waals surface area contributed by atoms with Crippen LogP contribution in [-0.4, -0.2) is 28.1 Å². The van der Waals surface area contributed by atoms with E-state index >= 15 is 0 Å². The standard InChI is InChI=1S/C14H19NO4/c1-14(2,3)11(13(18)19)15-12(17)10-6-4-9(8-16)5-7-10/h4-7,11,16H,8H2,1-3H3,(H,15,17)(H,18,19)/t11-/m1/s1. The Morgan fingerprint density at radius 1 is 1.21 bits per heavy atom. The van der Waals surface area contributed by atoms with Crippen LogP contribution in [0.15, 0.2) is 24.3 Å². The molecule has 0 aromatic heterocycles. The number of hydrogen-bond donors (Lipinski definition) is 3. The van der Waals surface area contributed by atoms with Gasteiger partial charge in [-0.2, -0.15) is 0 Å². The quantitative estimate of drug-likeness (QED) is 0.768. The maximum Gasteiger partial charge on any atom is 0.326 e. The number of nitrogens with one attached hydrogen (secondary N) is 1. The molecule has 0 aliphatic carbocycles. The van der Waals surface area contributed by atoms with Crippen molar-refractivity contribution < 1.29 is 19.8 Å². The van der Waals surface area contributed by atoms with Gasteiger partial charge in [-0.1, -0.05) is 32.9 Å². The molecule has 0 spiro atoms. The first-order valence-electron chi connectivity index (χ1n) is 5.99. The zero-order valence-electron chi connectivity index (χ0n) is 11.3. The molecule has 0 radical (unpaired) electrons. The Hall–Kier alpha value is -1.88. The second-order valence-corrected chi connectivity index (χ2v) is 5.47. The van der Waals surface area contributed by atoms with Crippen LogP contribution in [-0.2, 0) is 11.4 Å². The van der Waals surface area contributed by atoms with Crippen LogP contribution in [0.25, 0.3) is 0 Å². The van der Waals surface area contributed by atoms with Crippen LogP contribution >= 0.6 is 0 Å². The van der Waals surface area contributed by atoms with Crippen LogP contribution in [0.3, 0.4) is 0 Å². The van der Waals surface area contributed by atoms with Crippen molar-refractivity contribution in [1.29, 1.82) is 0 Å². The Balaban J connectivity index is 2.85. The lowest BCUT2D eigenvalue weighted by molar-refractivity contribution is -0.142. The molecule has 1 aromatic carbocycles. The molecule has 0 bridgehead atoms. The van der Waals surface area contributed by atoms with E-state index in [-0.39, 0.29) is 6.61 Å². The van der Waals surface area contributed by atoms with Gasteiger partial charge in [-0.15, -0.1) is 0 Å². The van der Waals surface area contributed by atoms with Crippen molar-refractivity contribution in [3.8, 4) is 0 Å². The van der Waals surface area contributed by atoms with Crippen molar-refractivity contribution in [2.45, 2.75) is 33.4 Å². The van der Waals surface area contributed by atoms with Crippen LogP contribution in [0, 0.1) is 5.41 Å². The number of hydrogen-bond acceptors (Lipinski definition) is 3. The zero-order chi connectivity index (χ0) is 14.6. The molecule has 0 aliphatic rings. The molecule has 3 N–H and O–H groups in total. The van der Waals surface area contributed by atoms with Gasteiger partial charge in [0.05, 0.1) is 6.61 Å². The van der Waals surface area contributed by atoms with Crippen molar-refractivity contribution in [3.05, 3.63) is 35.4 Å². The Morgan fingerprint density at radius 2 is 1.74 bits per heavy atom. The normalized spacial score (nSPS) is 12.8. The Bertz CT molecular complexity index is 459. The maximum atomic E-state index is 12.0. The summed E-state index contributed by atoms with van der Waals surface area (Å²) in [4.78, 5) is 23.1. The summed E-state index contributed by atoms with van der Waals surface area (Å²) in [6.45, 7) is 5.16. The number of amides is 1. The van der Waals surface area contributed by atoms with E-state index in [1.165, 1.54) is 0 Å². The second kappa shape index (κ2) is 5.84. The molecule has 0 saturated carbocycles. The van der Waals surface area contributed by atoms with Gasteiger partial charge in [-0.05, 0) is 23.1 Å². The summed E-state index contributed by atoms with van der Waals surface area (Å²) >= 11 is 0. The molecule has 1 aromatic rings. The predicted molar refractivity (Wildman–Crippen MR) is 70.7 cm³/mol. The van der Waals surface area contributed by atoms with Crippen LogP contribution in [0.2, 0.25) is 0 Å². The van der Waals surface area contributed by atoms with Crippen LogP contribution in [0.4, 0.5) is 0 Å². The highest BCUT2D eigenvalue weighted by molar-refractivity contribution is 5.96. The van der Waals surface area contributed by atoms with Gasteiger partial charge in [0.2, 0.25) is 0 Å². The zero-order valence-corrected chi connectivity index (χ0v) is 11.3. The Kier molecular flexibility index (Phi) is 4.67. The van der Waals surface area contributed by atoms with Gasteiger partial charge in [0.25, 0.3) is 5.91 Å². The molecular formula is C14H19NO4. The number of benzene rings is 1. The summed E-state index contributed by atoms with van der Waals surface area (Å²) in [6, 6.07) is 5.41. The molecule has 1 rings (SSSR count). The van der Waals surface area contributed by atoms with Crippen molar-refractivity contribution in [1.82, 2.24) is 5.32 Å². The molecule has 0 saturated heterocycles. The fourth-order valence-corrected chi connectivity index (χ4v) is 1.62. The lowest BCUT2D eigenvalue weighted by Gasteiger charge is -2.27. The predicted octanol–water partition coefficient (Wildman–Crippen LogP) is 1.41. The molecule has 5 nitrogen and oxygen atoms in total. The highest BCUT2D eigenvalue weighted by atomic mass is 16.4. The number of carboxylic acid groups (broad SMARTS) is 1. The third-order valence-corrected chi connectivity index (χ3v) is 2.79. The third-order valence-electron chi connectivity index (χ3n) is 2.79. The highest BCUT2D eigenvalue weighted by Crippen LogP contribution is 2.20. The number of aliphatic hydroxyl groups excluding tert-OH is 1. The maximum absolute atomic E-state index is 12.0. The van der Waals surface area contributed by atoms with E-state index in [2.05, 4.69) is 5.32 Å². The minimum atomic E-state index is -1.06. The van der Waals surface area contributed by atoms with Crippen molar-refractivity contribution >= 4 is 11.9 Å². The minimum absolute atomic E-state index is 0.0956. The molecule has 104 valence electrons. The summed E-state index contributed by atoms with van der Waals surface area (Å²) in [7, 11) is 0. The first-order chi connectivity index (χ1) is 8.75. The first kappa shape index (κ1) is 15.2. The molecule has 1 amide bonds. The number of carbonyl (C=O) groups is 2. The van der Waals surface area contributed by atoms with E-state index in [1.54, 1.807) is 45.0 Å².